The van der Waals surface area contributed by atoms with Gasteiger partial charge in [-0.15, -0.1) is 6.42 Å². The number of carbonyl (C=O) groups excluding carboxylic acids is 1. The fraction of sp³-hybridized carbons (Fsp3) is 0.250. The smallest absolute Gasteiger partial charge is 0.247 e. The van der Waals surface area contributed by atoms with Gasteiger partial charge in [0, 0.05) is 0 Å². The van der Waals surface area contributed by atoms with Crippen LogP contribution in [0.1, 0.15) is 0 Å². The lowest BCUT2D eigenvalue weighted by atomic mass is 10.4. The van der Waals surface area contributed by atoms with Gasteiger partial charge in [0.05, 0.1) is 0 Å². The van der Waals surface area contributed by atoms with Crippen LogP contribution in [-0.2, 0) is 4.79 Å². The fourth-order valence-corrected chi connectivity index (χ4v) is 1.30. The summed E-state index contributed by atoms with van der Waals surface area (Å²) in [5.41, 5.74) is 5.33. The molecule has 0 aliphatic carbocycles. The molecule has 8 heavy (non-hydrogen) atoms. The van der Waals surface area contributed by atoms with Crippen molar-refractivity contribution in [3.05, 3.63) is 0 Å². The van der Waals surface area contributed by atoms with Crippen LogP contribution in [0.5, 0.6) is 0 Å². The van der Waals surface area contributed by atoms with Gasteiger partial charge >= 0.3 is 0 Å². The van der Waals surface area contributed by atoms with Gasteiger partial charge in [0.2, 0.25) is 9.99 Å². The van der Waals surface area contributed by atoms with E-state index in [-0.39, 0.29) is 5.78 Å². The Balaban J connectivity index is 2.63. The Labute approximate surface area is 55.0 Å². The minimum atomic E-state index is -0.783. The van der Waals surface area contributed by atoms with Gasteiger partial charge in [0.1, 0.15) is 0 Å². The molecule has 1 saturated heterocycles. The number of carbonyl (C=O) groups is 1. The van der Waals surface area contributed by atoms with Gasteiger partial charge in [-0.1, -0.05) is 0 Å². The van der Waals surface area contributed by atoms with E-state index in [1.807, 2.05) is 5.92 Å². The zero-order valence-electron chi connectivity index (χ0n) is 3.88. The van der Waals surface area contributed by atoms with E-state index < -0.39 is 4.20 Å². The monoisotopic (exact) mass is 145 g/mol. The van der Waals surface area contributed by atoms with E-state index in [1.165, 1.54) is 21.6 Å². The third-order valence-electron chi connectivity index (χ3n) is 0.710. The highest BCUT2D eigenvalue weighted by atomic mass is 33.2. The van der Waals surface area contributed by atoms with Crippen LogP contribution in [0, 0.1) is 12.3 Å². The summed E-state index contributed by atoms with van der Waals surface area (Å²) in [5, 5.41) is 0. The first-order valence-electron chi connectivity index (χ1n) is 1.86. The first kappa shape index (κ1) is 6.02. The second-order valence-electron chi connectivity index (χ2n) is 1.31. The molecule has 42 valence electrons. The molecule has 1 aliphatic rings. The first-order chi connectivity index (χ1) is 3.69. The quantitative estimate of drug-likeness (QED) is 0.248. The molecule has 1 heterocycles. The van der Waals surface area contributed by atoms with Gasteiger partial charge in [-0.05, 0) is 27.5 Å². The van der Waals surface area contributed by atoms with Crippen LogP contribution in [0.25, 0.3) is 0 Å². The Morgan fingerprint density at radius 1 is 1.75 bits per heavy atom. The molecule has 0 aromatic heterocycles. The van der Waals surface area contributed by atoms with Crippen molar-refractivity contribution >= 4 is 27.4 Å². The van der Waals surface area contributed by atoms with Crippen LogP contribution < -0.4 is 5.73 Å². The molecule has 0 unspecified atom stereocenters. The molecule has 0 aromatic carbocycles. The predicted molar refractivity (Wildman–Crippen MR) is 35.9 cm³/mol. The average Bonchev–Trinajstić information content (AvgIpc) is 2.47. The van der Waals surface area contributed by atoms with E-state index in [4.69, 9.17) is 12.2 Å². The van der Waals surface area contributed by atoms with Gasteiger partial charge in [0.15, 0.2) is 0 Å². The fourth-order valence-electron chi connectivity index (χ4n) is 0.221. The maximum atomic E-state index is 10.5. The highest BCUT2D eigenvalue weighted by molar-refractivity contribution is 8.94. The largest absolute Gasteiger partial charge is 0.300 e. The maximum Gasteiger partial charge on any atom is 0.247 e. The number of ketones is 1. The summed E-state index contributed by atoms with van der Waals surface area (Å²) in [6.45, 7) is 0. The van der Waals surface area contributed by atoms with Gasteiger partial charge < -0.3 is 0 Å². The van der Waals surface area contributed by atoms with Crippen molar-refractivity contribution in [2.24, 2.45) is 5.73 Å². The highest BCUT2D eigenvalue weighted by Crippen LogP contribution is 2.60. The summed E-state index contributed by atoms with van der Waals surface area (Å²) in [4.78, 5) is 10.5. The molecule has 0 amide bonds. The summed E-state index contributed by atoms with van der Waals surface area (Å²) >= 11 is 0. The molecule has 1 rings (SSSR count). The van der Waals surface area contributed by atoms with Crippen molar-refractivity contribution in [1.29, 1.82) is 0 Å². The molecule has 0 bridgehead atoms. The number of hydrogen-bond donors (Lipinski definition) is 1. The predicted octanol–water partition coefficient (Wildman–Crippen LogP) is 0.196. The Hall–Kier alpha value is -0.110. The normalized spacial score (nSPS) is 21.5. The molecule has 0 radical (unpaired) electrons. The minimum Gasteiger partial charge on any atom is -0.300 e. The molecular formula is C4H3NOS2. The lowest BCUT2D eigenvalue weighted by molar-refractivity contribution is -0.113. The number of hydrogen-bond acceptors (Lipinski definition) is 4. The number of rotatable bonds is 1. The molecule has 2 nitrogen and oxygen atoms in total. The van der Waals surface area contributed by atoms with Crippen LogP contribution in [0.3, 0.4) is 0 Å². The van der Waals surface area contributed by atoms with Gasteiger partial charge in [-0.3, -0.25) is 10.5 Å². The molecule has 0 saturated carbocycles. The minimum absolute atomic E-state index is 0.326. The SMILES string of the molecule is C#CC(=O)C1(N)SS1. The Bertz CT molecular complexity index is 167. The molecule has 2 N–H and O–H groups in total. The van der Waals surface area contributed by atoms with Crippen molar-refractivity contribution in [3.8, 4) is 12.3 Å². The second-order valence-corrected chi connectivity index (χ2v) is 4.19. The number of Topliss-reactive ketones (excluding diaryl/α,β-unsaturated/α-hetero) is 1. The van der Waals surface area contributed by atoms with E-state index in [9.17, 15) is 4.79 Å². The van der Waals surface area contributed by atoms with Crippen molar-refractivity contribution in [2.45, 2.75) is 4.20 Å². The zero-order chi connectivity index (χ0) is 6.20. The highest BCUT2D eigenvalue weighted by Gasteiger charge is 2.48. The van der Waals surface area contributed by atoms with Crippen molar-refractivity contribution in [3.63, 3.8) is 0 Å². The molecule has 0 spiro atoms. The van der Waals surface area contributed by atoms with Gasteiger partial charge in [-0.2, -0.15) is 0 Å². The molecule has 0 atom stereocenters. The molecular weight excluding hydrogens is 142 g/mol. The summed E-state index contributed by atoms with van der Waals surface area (Å²) in [5.74, 6) is 1.64. The topological polar surface area (TPSA) is 43.1 Å². The standard InChI is InChI=1S/C4H3NOS2/c1-2-3(6)4(5)7-8-4/h1H,5H2. The molecule has 1 aliphatic heterocycles. The number of nitrogens with two attached hydrogens (primary N) is 1. The Kier molecular flexibility index (Phi) is 1.27. The molecule has 4 heteroatoms. The van der Waals surface area contributed by atoms with E-state index in [2.05, 4.69) is 0 Å². The number of terminal acetylenes is 1. The van der Waals surface area contributed by atoms with E-state index in [0.29, 0.717) is 0 Å². The van der Waals surface area contributed by atoms with Crippen LogP contribution in [0.2, 0.25) is 0 Å². The lowest BCUT2D eigenvalue weighted by Gasteiger charge is -1.91. The maximum absolute atomic E-state index is 10.5. The zero-order valence-corrected chi connectivity index (χ0v) is 5.51. The van der Waals surface area contributed by atoms with E-state index in [1.54, 1.807) is 0 Å². The second kappa shape index (κ2) is 1.69. The van der Waals surface area contributed by atoms with Crippen LogP contribution in [0.15, 0.2) is 0 Å². The third kappa shape index (κ3) is 0.848. The van der Waals surface area contributed by atoms with Crippen LogP contribution in [-0.4, -0.2) is 9.99 Å². The van der Waals surface area contributed by atoms with Crippen molar-refractivity contribution in [2.75, 3.05) is 0 Å². The van der Waals surface area contributed by atoms with Gasteiger partial charge in [-0.25, -0.2) is 0 Å². The van der Waals surface area contributed by atoms with Gasteiger partial charge in [0.25, 0.3) is 0 Å². The summed E-state index contributed by atoms with van der Waals surface area (Å²) in [6.07, 6.45) is 4.79. The van der Waals surface area contributed by atoms with E-state index in [0.717, 1.165) is 0 Å². The van der Waals surface area contributed by atoms with Crippen LogP contribution >= 0.6 is 21.6 Å². The Morgan fingerprint density at radius 3 is 2.38 bits per heavy atom. The summed E-state index contributed by atoms with van der Waals surface area (Å²) < 4.78 is -0.783. The average molecular weight is 145 g/mol. The third-order valence-corrected chi connectivity index (χ3v) is 3.18. The molecule has 0 aromatic rings. The summed E-state index contributed by atoms with van der Waals surface area (Å²) in [7, 11) is 2.61. The first-order valence-corrected chi connectivity index (χ1v) is 4.01. The van der Waals surface area contributed by atoms with E-state index >= 15 is 0 Å². The molecule has 1 fully saturated rings. The van der Waals surface area contributed by atoms with Crippen LogP contribution in [0.4, 0.5) is 0 Å². The summed E-state index contributed by atoms with van der Waals surface area (Å²) in [6, 6.07) is 0. The Morgan fingerprint density at radius 2 is 2.25 bits per heavy atom. The lowest BCUT2D eigenvalue weighted by Crippen LogP contribution is -2.28. The van der Waals surface area contributed by atoms with Crippen molar-refractivity contribution < 1.29 is 4.79 Å². The van der Waals surface area contributed by atoms with Crippen molar-refractivity contribution in [1.82, 2.24) is 0 Å².